The summed E-state index contributed by atoms with van der Waals surface area (Å²) in [6.45, 7) is 0. The van der Waals surface area contributed by atoms with Crippen molar-refractivity contribution in [3.05, 3.63) is 0 Å². The Bertz CT molecular complexity index is 55.2. The van der Waals surface area contributed by atoms with Crippen molar-refractivity contribution in [1.29, 1.82) is 0 Å². The van der Waals surface area contributed by atoms with Gasteiger partial charge in [-0.2, -0.15) is 0 Å². The average molecular weight is 165 g/mol. The minimum atomic E-state index is -4.86. The molecule has 0 saturated carbocycles. The summed E-state index contributed by atoms with van der Waals surface area (Å²) in [6.07, 6.45) is -4.86. The van der Waals surface area contributed by atoms with Crippen molar-refractivity contribution in [1.82, 2.24) is 0 Å². The van der Waals surface area contributed by atoms with Gasteiger partial charge in [0, 0.05) is 0 Å². The first-order valence-corrected chi connectivity index (χ1v) is 1.79. The number of halogens is 4. The van der Waals surface area contributed by atoms with Crippen LogP contribution in [0.5, 0.6) is 0 Å². The fraction of sp³-hybridized carbons (Fsp3) is 1.00. The summed E-state index contributed by atoms with van der Waals surface area (Å²) < 4.78 is 43.0. The molecule has 1 atom stereocenters. The molecule has 0 bridgehead atoms. The molecule has 0 saturated heterocycles. The third-order valence-electron chi connectivity index (χ3n) is 0.222. The number of rotatable bonds is 0. The van der Waals surface area contributed by atoms with E-state index in [1.807, 2.05) is 0 Å². The third-order valence-corrected chi connectivity index (χ3v) is 0.531. The van der Waals surface area contributed by atoms with E-state index in [4.69, 9.17) is 0 Å². The summed E-state index contributed by atoms with van der Waals surface area (Å²) in [5.41, 5.74) is 0. The molecule has 0 N–H and O–H groups in total. The Morgan fingerprint density at radius 3 is 1.43 bits per heavy atom. The van der Waals surface area contributed by atoms with Crippen molar-refractivity contribution in [3.8, 4) is 0 Å². The van der Waals surface area contributed by atoms with Crippen LogP contribution in [0.3, 0.4) is 0 Å². The van der Waals surface area contributed by atoms with Gasteiger partial charge in [0.15, 0.2) is 0 Å². The van der Waals surface area contributed by atoms with Crippen LogP contribution >= 0.6 is 0 Å². The predicted octanol–water partition coefficient (Wildman–Crippen LogP) is 1.39. The van der Waals surface area contributed by atoms with Crippen molar-refractivity contribution < 1.29 is 33.6 Å². The molecule has 0 aliphatic carbocycles. The van der Waals surface area contributed by atoms with Gasteiger partial charge in [0.2, 0.25) is 0 Å². The van der Waals surface area contributed by atoms with E-state index in [1.54, 1.807) is 0 Å². The fourth-order valence-corrected chi connectivity index (χ4v) is 0. The minimum absolute atomic E-state index is 3.14. The molecule has 0 aromatic heterocycles. The molecule has 7 heavy (non-hydrogen) atoms. The van der Waals surface area contributed by atoms with E-state index in [0.29, 0.717) is 0 Å². The first-order valence-electron chi connectivity index (χ1n) is 1.25. The van der Waals surface area contributed by atoms with Gasteiger partial charge in [0.1, 0.15) is 0 Å². The van der Waals surface area contributed by atoms with E-state index in [0.717, 1.165) is 0 Å². The van der Waals surface area contributed by atoms with E-state index in [2.05, 4.69) is 16.0 Å². The Morgan fingerprint density at radius 2 is 1.43 bits per heavy atom. The Hall–Kier alpha value is 0.239. The van der Waals surface area contributed by atoms with Crippen molar-refractivity contribution in [2.24, 2.45) is 0 Å². The van der Waals surface area contributed by atoms with Gasteiger partial charge < -0.3 is 0 Å². The second-order valence-corrected chi connectivity index (χ2v) is 1.28. The van der Waals surface area contributed by atoms with Gasteiger partial charge in [-0.15, -0.1) is 0 Å². The zero-order chi connectivity index (χ0) is 6.08. The molecule has 5 heteroatoms. The third kappa shape index (κ3) is 2.88. The number of alkyl halides is 4. The maximum absolute atomic E-state index is 10.9. The van der Waals surface area contributed by atoms with Gasteiger partial charge >= 0.3 is 44.8 Å². The van der Waals surface area contributed by atoms with Crippen molar-refractivity contribution in [2.45, 2.75) is 11.2 Å². The van der Waals surface area contributed by atoms with Crippen molar-refractivity contribution in [2.75, 3.05) is 0 Å². The zero-order valence-electron chi connectivity index (χ0n) is 2.89. The van der Waals surface area contributed by atoms with Gasteiger partial charge in [-0.05, 0) is 0 Å². The van der Waals surface area contributed by atoms with E-state index >= 15 is 0 Å². The molecule has 0 nitrogen and oxygen atoms in total. The SMILES string of the molecule is F[CH]([Cu])C(F)(F)F. The maximum atomic E-state index is 10.9. The van der Waals surface area contributed by atoms with Crippen LogP contribution in [0.25, 0.3) is 0 Å². The fourth-order valence-electron chi connectivity index (χ4n) is 0. The van der Waals surface area contributed by atoms with Crippen LogP contribution in [0.2, 0.25) is 0 Å². The molecule has 0 heterocycles. The van der Waals surface area contributed by atoms with Crippen LogP contribution in [0, 0.1) is 0 Å². The van der Waals surface area contributed by atoms with Gasteiger partial charge in [-0.1, -0.05) is 0 Å². The summed E-state index contributed by atoms with van der Waals surface area (Å²) in [5.74, 6) is 0. The first-order chi connectivity index (χ1) is 2.94. The van der Waals surface area contributed by atoms with E-state index in [-0.39, 0.29) is 0 Å². The van der Waals surface area contributed by atoms with Gasteiger partial charge in [-0.3, -0.25) is 0 Å². The molecule has 0 fully saturated rings. The molecule has 1 unspecified atom stereocenters. The van der Waals surface area contributed by atoms with E-state index in [1.165, 1.54) is 0 Å². The second kappa shape index (κ2) is 2.01. The zero-order valence-corrected chi connectivity index (χ0v) is 3.83. The summed E-state index contributed by atoms with van der Waals surface area (Å²) in [6, 6.07) is 0. The van der Waals surface area contributed by atoms with Gasteiger partial charge in [-0.25, -0.2) is 0 Å². The molecular weight excluding hydrogens is 164 g/mol. The molecule has 0 aliphatic heterocycles. The molecule has 0 aromatic rings. The number of hydrogen-bond acceptors (Lipinski definition) is 0. The first kappa shape index (κ1) is 7.24. The normalized spacial score (nSPS) is 16.9. The monoisotopic (exact) mass is 164 g/mol. The molecule has 0 amide bonds. The molecule has 48 valence electrons. The van der Waals surface area contributed by atoms with Crippen LogP contribution in [-0.2, 0) is 16.0 Å². The van der Waals surface area contributed by atoms with E-state index in [9.17, 15) is 17.6 Å². The molecule has 0 spiro atoms. The Kier molecular flexibility index (Phi) is 2.08. The van der Waals surface area contributed by atoms with Crippen LogP contribution in [0.1, 0.15) is 0 Å². The Labute approximate surface area is 45.7 Å². The topological polar surface area (TPSA) is 0 Å². The molecule has 0 aliphatic rings. The Morgan fingerprint density at radius 1 is 1.29 bits per heavy atom. The van der Waals surface area contributed by atoms with Gasteiger partial charge in [0.05, 0.1) is 0 Å². The summed E-state index contributed by atoms with van der Waals surface area (Å²) in [7, 11) is 0. The standard InChI is InChI=1S/C2HF4.Cu/c3-1-2(4,5)6;/h1H;. The summed E-state index contributed by atoms with van der Waals surface area (Å²) in [4.78, 5) is 0. The van der Waals surface area contributed by atoms with E-state index < -0.39 is 11.2 Å². The van der Waals surface area contributed by atoms with Gasteiger partial charge in [0.25, 0.3) is 0 Å². The average Bonchev–Trinajstić information content (AvgIpc) is 1.31. The Balaban J connectivity index is 3.54. The molecule has 0 radical (unpaired) electrons. The van der Waals surface area contributed by atoms with Crippen LogP contribution in [-0.4, -0.2) is 11.2 Å². The van der Waals surface area contributed by atoms with Crippen LogP contribution in [0.4, 0.5) is 17.6 Å². The molecular formula is C2HCuF4. The molecule has 0 rings (SSSR count). The predicted molar refractivity (Wildman–Crippen MR) is 11.0 cm³/mol. The molecule has 0 aromatic carbocycles. The number of hydrogen-bond donors (Lipinski definition) is 0. The van der Waals surface area contributed by atoms with Crippen LogP contribution < -0.4 is 0 Å². The second-order valence-electron chi connectivity index (χ2n) is 0.804. The van der Waals surface area contributed by atoms with Crippen molar-refractivity contribution in [3.63, 3.8) is 0 Å². The summed E-state index contributed by atoms with van der Waals surface area (Å²) in [5, 5.41) is -3.14. The van der Waals surface area contributed by atoms with Crippen molar-refractivity contribution >= 4 is 0 Å². The quantitative estimate of drug-likeness (QED) is 0.375. The van der Waals surface area contributed by atoms with Crippen LogP contribution in [0.15, 0.2) is 0 Å². The summed E-state index contributed by atoms with van der Waals surface area (Å²) >= 11 is 3.36.